The zero-order valence-electron chi connectivity index (χ0n) is 82.8. The van der Waals surface area contributed by atoms with Gasteiger partial charge >= 0.3 is 23.9 Å². The maximum atomic E-state index is 11.6. The van der Waals surface area contributed by atoms with Gasteiger partial charge in [0.2, 0.25) is 0 Å². The van der Waals surface area contributed by atoms with Gasteiger partial charge in [-0.3, -0.25) is 33.6 Å². The van der Waals surface area contributed by atoms with Crippen LogP contribution in [0.4, 0.5) is 0 Å². The van der Waals surface area contributed by atoms with Gasteiger partial charge in [-0.05, 0) is 240 Å². The Labute approximate surface area is 739 Å². The van der Waals surface area contributed by atoms with Gasteiger partial charge in [-0.1, -0.05) is 205 Å². The minimum absolute atomic E-state index is 0.0324. The molecular formula is C103H196O17. The van der Waals surface area contributed by atoms with Gasteiger partial charge in [-0.15, -0.1) is 0 Å². The molecule has 0 radical (unpaired) electrons. The molecule has 12 aliphatic carbocycles. The number of ketones is 3. The Bertz CT molecular complexity index is 2270. The summed E-state index contributed by atoms with van der Waals surface area (Å²) in [7, 11) is 0. The van der Waals surface area contributed by atoms with Crippen LogP contribution in [0.3, 0.4) is 0 Å². The lowest BCUT2D eigenvalue weighted by Crippen LogP contribution is -2.45. The standard InChI is InChI=1S/C10H14O.C8H10O2.C8H12O.C7H8O3.C7H10O2.2C7H12O.C6H12O.C6H10O.C5H10O.C4H6O2.C4H8O.12C2H6/c11-10-8-2-6-1-7(4-8)5-9(10)3-6;9-8-6-2-4-1-5(6)7(3-4)10-8;1-5-2-7-6(1)4-9-8(7)3-5;8-7-4-1-3-2-5(10-7)6(4)9-3;8-7-5-2-1-3-6(4-5)9-7;1-2-6-4-7(3-1)8-5-6;8-7-5-3-1-2-4-6-7;1-2-4-6-7-5-3-1;7-6-4-2-1-3-5-6;1-2-4-6-5-3-1;5-4-2-1-3-6-4;1-2-4-5-3-1;12*1-2/h6-9H,1-5H2;4-7H,1-3H2;5-8H,1-4H2;3-6H,1-2H2;5-6H,1-4H2;6-7H,1-5H2;1-6H2;1-6H2;1-5H2;1-5H2;1-3H2;1-4H2;12*1-2H3. The number of cyclic esters (lactones) is 1. The molecule has 17 heteroatoms. The Balaban J connectivity index is 0. The first-order valence-corrected chi connectivity index (χ1v) is 51.9. The van der Waals surface area contributed by atoms with E-state index >= 15 is 0 Å². The second-order valence-corrected chi connectivity index (χ2v) is 32.5. The van der Waals surface area contributed by atoms with Crippen LogP contribution in [-0.2, 0) is 80.9 Å². The number of rotatable bonds is 0. The van der Waals surface area contributed by atoms with Gasteiger partial charge in [-0.2, -0.15) is 0 Å². The van der Waals surface area contributed by atoms with Crippen LogP contribution in [0.1, 0.15) is 442 Å². The minimum atomic E-state index is -0.0463. The van der Waals surface area contributed by atoms with Crippen LogP contribution < -0.4 is 0 Å². The van der Waals surface area contributed by atoms with Crippen LogP contribution in [0, 0.1) is 76.9 Å². The van der Waals surface area contributed by atoms with Gasteiger partial charge in [0.1, 0.15) is 41.8 Å². The lowest BCUT2D eigenvalue weighted by molar-refractivity contribution is -0.144. The van der Waals surface area contributed by atoms with Crippen molar-refractivity contribution in [1.82, 2.24) is 0 Å². The second kappa shape index (κ2) is 77.9. The summed E-state index contributed by atoms with van der Waals surface area (Å²) >= 11 is 0. The van der Waals surface area contributed by atoms with Crippen molar-refractivity contribution < 1.29 is 80.9 Å². The van der Waals surface area contributed by atoms with E-state index in [0.29, 0.717) is 78.5 Å². The van der Waals surface area contributed by atoms with E-state index in [-0.39, 0.29) is 54.0 Å². The molecule has 0 amide bonds. The lowest BCUT2D eigenvalue weighted by atomic mass is 9.56. The van der Waals surface area contributed by atoms with Crippen molar-refractivity contribution in [3.63, 3.8) is 0 Å². The highest BCUT2D eigenvalue weighted by Crippen LogP contribution is 2.56. The largest absolute Gasteiger partial charge is 0.466 e. The number of hydrogen-bond donors (Lipinski definition) is 0. The highest BCUT2D eigenvalue weighted by molar-refractivity contribution is 5.85. The number of esters is 4. The fourth-order valence-corrected chi connectivity index (χ4v) is 20.0. The summed E-state index contributed by atoms with van der Waals surface area (Å²) in [6.45, 7) is 56.8. The van der Waals surface area contributed by atoms with E-state index in [4.69, 9.17) is 42.6 Å². The second-order valence-electron chi connectivity index (χ2n) is 32.5. The summed E-state index contributed by atoms with van der Waals surface area (Å²) < 4.78 is 51.6. The molecule has 17 nitrogen and oxygen atoms in total. The molecule has 120 heavy (non-hydrogen) atoms. The first-order chi connectivity index (χ1) is 58.9. The Kier molecular flexibility index (Phi) is 77.1. The highest BCUT2D eigenvalue weighted by atomic mass is 16.6. The van der Waals surface area contributed by atoms with Crippen molar-refractivity contribution in [1.29, 1.82) is 0 Å². The minimum Gasteiger partial charge on any atom is -0.466 e. The molecule has 0 spiro atoms. The average molecular weight is 1710 g/mol. The van der Waals surface area contributed by atoms with Crippen molar-refractivity contribution in [3.05, 3.63) is 0 Å². The van der Waals surface area contributed by atoms with Crippen LogP contribution in [0.5, 0.6) is 0 Å². The molecule has 16 atom stereocenters. The van der Waals surface area contributed by atoms with E-state index in [1.54, 1.807) is 0 Å². The number of fused-ring (bicyclic) bond motifs is 7. The van der Waals surface area contributed by atoms with Gasteiger partial charge in [-0.25, -0.2) is 0 Å². The normalized spacial score (nSPS) is 33.0. The van der Waals surface area contributed by atoms with Crippen molar-refractivity contribution in [2.75, 3.05) is 59.5 Å². The quantitative estimate of drug-likeness (QED) is 0.125. The topological polar surface area (TPSA) is 212 Å². The molecule has 14 bridgehead atoms. The van der Waals surface area contributed by atoms with Crippen molar-refractivity contribution in [2.24, 2.45) is 76.9 Å². The molecule has 0 N–H and O–H groups in total. The summed E-state index contributed by atoms with van der Waals surface area (Å²) in [5.41, 5.74) is 0. The molecule has 11 heterocycles. The lowest BCUT2D eigenvalue weighted by Gasteiger charge is -2.48. The summed E-state index contributed by atoms with van der Waals surface area (Å²) in [4.78, 5) is 75.6. The van der Waals surface area contributed by atoms with E-state index in [1.165, 1.54) is 167 Å². The van der Waals surface area contributed by atoms with E-state index in [9.17, 15) is 33.6 Å². The fourth-order valence-electron chi connectivity index (χ4n) is 20.0. The molecular weight excluding hydrogens is 1510 g/mol. The Morgan fingerprint density at radius 2 is 0.692 bits per heavy atom. The number of Topliss-reactive ketones (excluding diaryl/α,β-unsaturated/α-hetero) is 3. The Morgan fingerprint density at radius 3 is 1.07 bits per heavy atom. The Morgan fingerprint density at radius 1 is 0.258 bits per heavy atom. The van der Waals surface area contributed by atoms with E-state index < -0.39 is 0 Å². The molecule has 23 aliphatic rings. The van der Waals surface area contributed by atoms with Crippen molar-refractivity contribution in [2.45, 2.75) is 485 Å². The highest BCUT2D eigenvalue weighted by Gasteiger charge is 2.59. The van der Waals surface area contributed by atoms with Crippen LogP contribution in [-0.4, -0.2) is 143 Å². The summed E-state index contributed by atoms with van der Waals surface area (Å²) in [5.74, 6) is 10.6. The zero-order chi connectivity index (χ0) is 90.4. The predicted molar refractivity (Wildman–Crippen MR) is 496 cm³/mol. The zero-order valence-corrected chi connectivity index (χ0v) is 82.8. The first-order valence-electron chi connectivity index (χ1n) is 51.9. The van der Waals surface area contributed by atoms with Gasteiger partial charge in [0.05, 0.1) is 49.3 Å². The molecule has 11 saturated heterocycles. The van der Waals surface area contributed by atoms with E-state index in [0.717, 1.165) is 197 Å². The van der Waals surface area contributed by atoms with E-state index in [1.807, 2.05) is 166 Å². The van der Waals surface area contributed by atoms with Crippen LogP contribution in [0.15, 0.2) is 0 Å². The van der Waals surface area contributed by atoms with Crippen LogP contribution in [0.2, 0.25) is 0 Å². The van der Waals surface area contributed by atoms with Gasteiger partial charge in [0.15, 0.2) is 0 Å². The molecule has 0 aromatic heterocycles. The summed E-state index contributed by atoms with van der Waals surface area (Å²) in [6.07, 6.45) is 53.7. The SMILES string of the molecule is C1CC2COC(C1)C2.C1CCCOCC1.C1CCOC1.C1CCOCC1.C1OC2CC3CC1C2C3.CC.CC.CC.CC.CC.CC.CC.CC.CC.CC.CC.CC.O=C1C2CC3CC(C2)CC1C3.O=C1CCCCC1.O=C1CCCCCC1.O=C1CCCO1.O=C1OC2CC3CC1C2C3.O=C1OC2CC3CC1C2O3.O=C1OC2CCCC1C2. The summed E-state index contributed by atoms with van der Waals surface area (Å²) in [5, 5.41) is 0. The van der Waals surface area contributed by atoms with E-state index in [2.05, 4.69) is 4.74 Å². The number of carbonyl (C=O) groups excluding carboxylic acids is 7. The average Bonchev–Trinajstić information content (AvgIpc) is 0.991. The van der Waals surface area contributed by atoms with Gasteiger partial charge in [0, 0.05) is 103 Å². The third kappa shape index (κ3) is 45.4. The maximum Gasteiger partial charge on any atom is 0.312 e. The molecule has 16 unspecified atom stereocenters. The Hall–Kier alpha value is -3.35. The maximum absolute atomic E-state index is 11.6. The number of ether oxygens (including phenoxy) is 10. The molecule has 11 aliphatic heterocycles. The third-order valence-corrected chi connectivity index (χ3v) is 25.0. The van der Waals surface area contributed by atoms with Gasteiger partial charge < -0.3 is 47.4 Å². The third-order valence-electron chi connectivity index (χ3n) is 25.0. The molecule has 12 saturated carbocycles. The fraction of sp³-hybridized carbons (Fsp3) is 0.932. The smallest absolute Gasteiger partial charge is 0.312 e. The van der Waals surface area contributed by atoms with Crippen LogP contribution >= 0.6 is 0 Å². The molecule has 23 fully saturated rings. The first kappa shape index (κ1) is 119. The summed E-state index contributed by atoms with van der Waals surface area (Å²) in [6, 6.07) is 0. The molecule has 0 aromatic carbocycles. The molecule has 0 aromatic rings. The van der Waals surface area contributed by atoms with Crippen LogP contribution in [0.25, 0.3) is 0 Å². The predicted octanol–water partition coefficient (Wildman–Crippen LogP) is 26.8. The molecule has 710 valence electrons. The van der Waals surface area contributed by atoms with Gasteiger partial charge in [0.25, 0.3) is 0 Å². The molecule has 23 rings (SSSR count). The number of hydrogen-bond acceptors (Lipinski definition) is 17. The van der Waals surface area contributed by atoms with Crippen molar-refractivity contribution >= 4 is 41.2 Å². The monoisotopic (exact) mass is 1710 g/mol. The van der Waals surface area contributed by atoms with Crippen molar-refractivity contribution in [3.8, 4) is 0 Å². The number of carbonyl (C=O) groups is 7.